The summed E-state index contributed by atoms with van der Waals surface area (Å²) in [6, 6.07) is 7.47. The van der Waals surface area contributed by atoms with Crippen LogP contribution in [-0.4, -0.2) is 38.0 Å². The molecule has 4 nitrogen and oxygen atoms in total. The van der Waals surface area contributed by atoms with Crippen molar-refractivity contribution in [2.75, 3.05) is 26.9 Å². The predicted molar refractivity (Wildman–Crippen MR) is 79.7 cm³/mol. The molecule has 0 saturated heterocycles. The first-order valence-corrected chi connectivity index (χ1v) is 6.67. The van der Waals surface area contributed by atoms with Crippen molar-refractivity contribution in [2.24, 2.45) is 5.73 Å². The van der Waals surface area contributed by atoms with E-state index in [1.165, 1.54) is 0 Å². The van der Waals surface area contributed by atoms with Gasteiger partial charge in [-0.05, 0) is 19.1 Å². The molecule has 1 rings (SSSR count). The summed E-state index contributed by atoms with van der Waals surface area (Å²) in [6.07, 6.45) is 0.939. The highest BCUT2D eigenvalue weighted by Gasteiger charge is 2.01. The van der Waals surface area contributed by atoms with Gasteiger partial charge in [0, 0.05) is 19.1 Å². The van der Waals surface area contributed by atoms with E-state index in [0.29, 0.717) is 24.8 Å². The average molecular weight is 283 g/mol. The second kappa shape index (κ2) is 8.85. The molecule has 5 heteroatoms. The Balaban J connectivity index is 2.22. The maximum absolute atomic E-state index is 5.61. The molecule has 0 bridgehead atoms. The lowest BCUT2D eigenvalue weighted by Crippen LogP contribution is -2.16. The summed E-state index contributed by atoms with van der Waals surface area (Å²) < 4.78 is 16.1. The largest absolute Gasteiger partial charge is 0.493 e. The van der Waals surface area contributed by atoms with Gasteiger partial charge in [-0.1, -0.05) is 24.4 Å². The number of hydrogen-bond donors (Lipinski definition) is 1. The number of ether oxygens (including phenoxy) is 3. The highest BCUT2D eigenvalue weighted by Crippen LogP contribution is 2.13. The van der Waals surface area contributed by atoms with Crippen molar-refractivity contribution in [3.63, 3.8) is 0 Å². The van der Waals surface area contributed by atoms with Crippen LogP contribution in [-0.2, 0) is 9.47 Å². The average Bonchev–Trinajstić information content (AvgIpc) is 2.39. The zero-order chi connectivity index (χ0) is 14.1. The monoisotopic (exact) mass is 283 g/mol. The van der Waals surface area contributed by atoms with E-state index < -0.39 is 0 Å². The van der Waals surface area contributed by atoms with Crippen LogP contribution in [0.25, 0.3) is 0 Å². The molecule has 2 N–H and O–H groups in total. The summed E-state index contributed by atoms with van der Waals surface area (Å²) >= 11 is 4.92. The maximum atomic E-state index is 5.61. The SMILES string of the molecule is COCC(C)OCCCOc1cccc(C(N)=S)c1. The number of nitrogens with two attached hydrogens (primary N) is 1. The Labute approximate surface area is 119 Å². The number of rotatable bonds is 9. The fourth-order valence-electron chi connectivity index (χ4n) is 1.56. The summed E-state index contributed by atoms with van der Waals surface area (Å²) in [5, 5.41) is 0. The molecular formula is C14H21NO3S. The van der Waals surface area contributed by atoms with Gasteiger partial charge in [0.1, 0.15) is 10.7 Å². The molecule has 1 atom stereocenters. The molecule has 0 heterocycles. The molecule has 1 aromatic rings. The van der Waals surface area contributed by atoms with Gasteiger partial charge >= 0.3 is 0 Å². The minimum absolute atomic E-state index is 0.114. The number of methoxy groups -OCH3 is 1. The van der Waals surface area contributed by atoms with Gasteiger partial charge < -0.3 is 19.9 Å². The molecule has 0 radical (unpaired) electrons. The van der Waals surface area contributed by atoms with Crippen LogP contribution in [0.2, 0.25) is 0 Å². The molecule has 1 unspecified atom stereocenters. The Morgan fingerprint density at radius 3 is 2.84 bits per heavy atom. The minimum atomic E-state index is 0.114. The number of hydrogen-bond acceptors (Lipinski definition) is 4. The van der Waals surface area contributed by atoms with E-state index >= 15 is 0 Å². The van der Waals surface area contributed by atoms with E-state index in [-0.39, 0.29) is 6.10 Å². The smallest absolute Gasteiger partial charge is 0.119 e. The summed E-state index contributed by atoms with van der Waals surface area (Å²) in [4.78, 5) is 0.377. The Morgan fingerprint density at radius 2 is 2.16 bits per heavy atom. The second-order valence-electron chi connectivity index (χ2n) is 4.23. The Morgan fingerprint density at radius 1 is 1.37 bits per heavy atom. The van der Waals surface area contributed by atoms with E-state index in [2.05, 4.69) is 0 Å². The summed E-state index contributed by atoms with van der Waals surface area (Å²) in [7, 11) is 1.66. The fourth-order valence-corrected chi connectivity index (χ4v) is 1.68. The molecule has 0 saturated carbocycles. The third-order valence-corrected chi connectivity index (χ3v) is 2.72. The van der Waals surface area contributed by atoms with E-state index in [0.717, 1.165) is 17.7 Å². The first kappa shape index (κ1) is 15.9. The molecule has 0 aliphatic heterocycles. The van der Waals surface area contributed by atoms with Crippen molar-refractivity contribution in [1.82, 2.24) is 0 Å². The van der Waals surface area contributed by atoms with Crippen molar-refractivity contribution < 1.29 is 14.2 Å². The van der Waals surface area contributed by atoms with E-state index in [4.69, 9.17) is 32.2 Å². The third kappa shape index (κ3) is 6.52. The summed E-state index contributed by atoms with van der Waals surface area (Å²) in [5.41, 5.74) is 6.38. The van der Waals surface area contributed by atoms with Crippen LogP contribution in [0.4, 0.5) is 0 Å². The van der Waals surface area contributed by atoms with Gasteiger partial charge in [0.2, 0.25) is 0 Å². The molecule has 0 spiro atoms. The molecule has 19 heavy (non-hydrogen) atoms. The number of thiocarbonyl (C=S) groups is 1. The summed E-state index contributed by atoms with van der Waals surface area (Å²) in [5.74, 6) is 0.773. The Bertz CT molecular complexity index is 398. The van der Waals surface area contributed by atoms with Gasteiger partial charge in [-0.3, -0.25) is 0 Å². The fraction of sp³-hybridized carbons (Fsp3) is 0.500. The van der Waals surface area contributed by atoms with Crippen molar-refractivity contribution in [3.8, 4) is 5.75 Å². The highest BCUT2D eigenvalue weighted by molar-refractivity contribution is 7.80. The molecule has 0 aromatic heterocycles. The van der Waals surface area contributed by atoms with Gasteiger partial charge in [-0.25, -0.2) is 0 Å². The number of benzene rings is 1. The molecule has 0 fully saturated rings. The first-order chi connectivity index (χ1) is 9.13. The molecule has 106 valence electrons. The molecule has 0 amide bonds. The van der Waals surface area contributed by atoms with Gasteiger partial charge in [0.05, 0.1) is 25.9 Å². The molecular weight excluding hydrogens is 262 g/mol. The summed E-state index contributed by atoms with van der Waals surface area (Å²) in [6.45, 7) is 3.84. The molecule has 0 aliphatic carbocycles. The molecule has 0 aliphatic rings. The van der Waals surface area contributed by atoms with Crippen molar-refractivity contribution >= 4 is 17.2 Å². The van der Waals surface area contributed by atoms with Crippen LogP contribution in [0.1, 0.15) is 18.9 Å². The van der Waals surface area contributed by atoms with Crippen LogP contribution in [0.15, 0.2) is 24.3 Å². The maximum Gasteiger partial charge on any atom is 0.119 e. The minimum Gasteiger partial charge on any atom is -0.493 e. The van der Waals surface area contributed by atoms with Crippen LogP contribution in [0, 0.1) is 0 Å². The van der Waals surface area contributed by atoms with Crippen LogP contribution in [0.3, 0.4) is 0 Å². The first-order valence-electron chi connectivity index (χ1n) is 6.26. The van der Waals surface area contributed by atoms with Crippen LogP contribution in [0.5, 0.6) is 5.75 Å². The van der Waals surface area contributed by atoms with Crippen molar-refractivity contribution in [1.29, 1.82) is 0 Å². The molecule has 1 aromatic carbocycles. The lowest BCUT2D eigenvalue weighted by molar-refractivity contribution is 0.00509. The standard InChI is InChI=1S/C14H21NO3S/c1-11(10-16-2)17-7-4-8-18-13-6-3-5-12(9-13)14(15)19/h3,5-6,9,11H,4,7-8,10H2,1-2H3,(H2,15,19). The van der Waals surface area contributed by atoms with Gasteiger partial charge in [0.25, 0.3) is 0 Å². The zero-order valence-electron chi connectivity index (χ0n) is 11.4. The third-order valence-electron chi connectivity index (χ3n) is 2.48. The van der Waals surface area contributed by atoms with Crippen molar-refractivity contribution in [2.45, 2.75) is 19.4 Å². The van der Waals surface area contributed by atoms with Gasteiger partial charge in [-0.15, -0.1) is 0 Å². The predicted octanol–water partition coefficient (Wildman–Crippen LogP) is 2.14. The van der Waals surface area contributed by atoms with Gasteiger partial charge in [0.15, 0.2) is 0 Å². The topological polar surface area (TPSA) is 53.7 Å². The van der Waals surface area contributed by atoms with Gasteiger partial charge in [-0.2, -0.15) is 0 Å². The lowest BCUT2D eigenvalue weighted by atomic mass is 10.2. The zero-order valence-corrected chi connectivity index (χ0v) is 12.2. The van der Waals surface area contributed by atoms with Crippen LogP contribution < -0.4 is 10.5 Å². The second-order valence-corrected chi connectivity index (χ2v) is 4.67. The van der Waals surface area contributed by atoms with E-state index in [1.54, 1.807) is 7.11 Å². The quantitative estimate of drug-likeness (QED) is 0.556. The van der Waals surface area contributed by atoms with E-state index in [1.807, 2.05) is 31.2 Å². The normalized spacial score (nSPS) is 12.1. The Kier molecular flexibility index (Phi) is 7.40. The lowest BCUT2D eigenvalue weighted by Gasteiger charge is -2.12. The Hall–Kier alpha value is -1.17. The van der Waals surface area contributed by atoms with Crippen LogP contribution >= 0.6 is 12.2 Å². The van der Waals surface area contributed by atoms with Crippen molar-refractivity contribution in [3.05, 3.63) is 29.8 Å². The highest BCUT2D eigenvalue weighted by atomic mass is 32.1. The van der Waals surface area contributed by atoms with E-state index in [9.17, 15) is 0 Å².